The van der Waals surface area contributed by atoms with Gasteiger partial charge in [0.05, 0.1) is 5.41 Å². The Kier molecular flexibility index (Phi) is 4.45. The van der Waals surface area contributed by atoms with Gasteiger partial charge in [0.15, 0.2) is 11.5 Å². The number of nitrogens with zero attached hydrogens (tertiary/aromatic N) is 2. The maximum atomic E-state index is 6.25. The smallest absolute Gasteiger partial charge is 0.260 e. The molecule has 0 saturated carbocycles. The van der Waals surface area contributed by atoms with E-state index in [1.54, 1.807) is 0 Å². The molecule has 6 nitrogen and oxygen atoms in total. The van der Waals surface area contributed by atoms with E-state index in [1.165, 1.54) is 0 Å². The van der Waals surface area contributed by atoms with Gasteiger partial charge >= 0.3 is 0 Å². The molecule has 1 fully saturated rings. The molecule has 2 aliphatic heterocycles. The van der Waals surface area contributed by atoms with Gasteiger partial charge in [0, 0.05) is 18.2 Å². The molecule has 0 N–H and O–H groups in total. The summed E-state index contributed by atoms with van der Waals surface area (Å²) in [4.78, 5) is 0. The van der Waals surface area contributed by atoms with Crippen molar-refractivity contribution < 1.29 is 18.6 Å². The summed E-state index contributed by atoms with van der Waals surface area (Å²) in [5.74, 6) is 2.38. The van der Waals surface area contributed by atoms with Crippen molar-refractivity contribution in [3.05, 3.63) is 70.9 Å². The molecule has 28 heavy (non-hydrogen) atoms. The Morgan fingerprint density at radius 2 is 1.79 bits per heavy atom. The molecule has 1 atom stereocenters. The van der Waals surface area contributed by atoms with E-state index >= 15 is 0 Å². The molecular formula is C21H19ClN2O4. The van der Waals surface area contributed by atoms with E-state index < -0.39 is 11.5 Å². The van der Waals surface area contributed by atoms with Gasteiger partial charge < -0.3 is 18.6 Å². The zero-order valence-corrected chi connectivity index (χ0v) is 15.9. The van der Waals surface area contributed by atoms with E-state index in [4.69, 9.17) is 30.2 Å². The zero-order valence-electron chi connectivity index (χ0n) is 15.1. The monoisotopic (exact) mass is 398 g/mol. The number of hydrogen-bond donors (Lipinski definition) is 0. The lowest BCUT2D eigenvalue weighted by Gasteiger charge is -2.34. The summed E-state index contributed by atoms with van der Waals surface area (Å²) in [5, 5.41) is 9.37. The standard InChI is InChI=1S/C21H19ClN2O4/c22-15-5-3-4-14(12-15)21(8-10-25-11-9-21)20-24-23-19(28-20)18-13-26-16-6-1-2-7-17(16)27-18/h1-7,12,18H,8-11,13H2/t18-/m1/s1. The summed E-state index contributed by atoms with van der Waals surface area (Å²) in [6.07, 6.45) is 1.06. The van der Waals surface area contributed by atoms with Crippen LogP contribution in [0, 0.1) is 0 Å². The van der Waals surface area contributed by atoms with Gasteiger partial charge in [-0.3, -0.25) is 0 Å². The second-order valence-corrected chi connectivity index (χ2v) is 7.45. The number of halogens is 1. The van der Waals surface area contributed by atoms with E-state index in [0.29, 0.717) is 42.4 Å². The molecular weight excluding hydrogens is 380 g/mol. The molecule has 0 radical (unpaired) electrons. The first-order valence-corrected chi connectivity index (χ1v) is 9.69. The van der Waals surface area contributed by atoms with Crippen LogP contribution in [0.2, 0.25) is 5.02 Å². The fourth-order valence-electron chi connectivity index (χ4n) is 3.83. The summed E-state index contributed by atoms with van der Waals surface area (Å²) in [7, 11) is 0. The third kappa shape index (κ3) is 3.02. The number of aromatic nitrogens is 2. The molecule has 5 rings (SSSR count). The highest BCUT2D eigenvalue weighted by Crippen LogP contribution is 2.42. The van der Waals surface area contributed by atoms with Crippen LogP contribution in [0.25, 0.3) is 0 Å². The minimum Gasteiger partial charge on any atom is -0.485 e. The van der Waals surface area contributed by atoms with Gasteiger partial charge in [-0.2, -0.15) is 0 Å². The zero-order chi connectivity index (χ0) is 19.0. The molecule has 0 aliphatic carbocycles. The molecule has 0 unspecified atom stereocenters. The highest BCUT2D eigenvalue weighted by Gasteiger charge is 2.42. The minimum atomic E-state index is -0.438. The summed E-state index contributed by atoms with van der Waals surface area (Å²) in [6, 6.07) is 15.4. The Bertz CT molecular complexity index is 984. The lowest BCUT2D eigenvalue weighted by molar-refractivity contribution is 0.0481. The van der Waals surface area contributed by atoms with Crippen molar-refractivity contribution in [2.75, 3.05) is 19.8 Å². The number of para-hydroxylation sites is 2. The lowest BCUT2D eigenvalue weighted by Crippen LogP contribution is -2.35. The second-order valence-electron chi connectivity index (χ2n) is 7.01. The number of benzene rings is 2. The molecule has 2 aliphatic rings. The van der Waals surface area contributed by atoms with Crippen LogP contribution in [0.3, 0.4) is 0 Å². The molecule has 0 spiro atoms. The number of hydrogen-bond acceptors (Lipinski definition) is 6. The number of ether oxygens (including phenoxy) is 3. The van der Waals surface area contributed by atoms with E-state index in [-0.39, 0.29) is 0 Å². The van der Waals surface area contributed by atoms with Crippen LogP contribution in [0.1, 0.15) is 36.3 Å². The first kappa shape index (κ1) is 17.5. The quantitative estimate of drug-likeness (QED) is 0.654. The van der Waals surface area contributed by atoms with Crippen LogP contribution in [-0.4, -0.2) is 30.0 Å². The predicted octanol–water partition coefficient (Wildman–Crippen LogP) is 4.33. The van der Waals surface area contributed by atoms with Crippen molar-refractivity contribution >= 4 is 11.6 Å². The fraction of sp³-hybridized carbons (Fsp3) is 0.333. The van der Waals surface area contributed by atoms with Gasteiger partial charge in [-0.05, 0) is 42.7 Å². The van der Waals surface area contributed by atoms with Crippen molar-refractivity contribution in [3.63, 3.8) is 0 Å². The van der Waals surface area contributed by atoms with Gasteiger partial charge in [-0.1, -0.05) is 35.9 Å². The SMILES string of the molecule is Clc1cccc(C2(c3nnc([C@H]4COc5ccccc5O4)o3)CCOCC2)c1. The van der Waals surface area contributed by atoms with Gasteiger partial charge in [-0.15, -0.1) is 10.2 Å². The largest absolute Gasteiger partial charge is 0.485 e. The first-order valence-electron chi connectivity index (χ1n) is 9.31. The van der Waals surface area contributed by atoms with Crippen molar-refractivity contribution in [1.29, 1.82) is 0 Å². The average molecular weight is 399 g/mol. The second kappa shape index (κ2) is 7.11. The summed E-state index contributed by atoms with van der Waals surface area (Å²) in [5.41, 5.74) is 0.645. The fourth-order valence-corrected chi connectivity index (χ4v) is 4.02. The Hall–Kier alpha value is -2.57. The Morgan fingerprint density at radius 3 is 2.61 bits per heavy atom. The van der Waals surface area contributed by atoms with Gasteiger partial charge in [0.2, 0.25) is 12.0 Å². The van der Waals surface area contributed by atoms with Crippen LogP contribution in [-0.2, 0) is 10.2 Å². The summed E-state index contributed by atoms with van der Waals surface area (Å²) < 4.78 is 23.5. The molecule has 144 valence electrons. The topological polar surface area (TPSA) is 66.6 Å². The molecule has 1 saturated heterocycles. The average Bonchev–Trinajstić information content (AvgIpc) is 3.25. The van der Waals surface area contributed by atoms with Gasteiger partial charge in [-0.25, -0.2) is 0 Å². The maximum absolute atomic E-state index is 6.25. The molecule has 3 aromatic rings. The van der Waals surface area contributed by atoms with Crippen LogP contribution in [0.15, 0.2) is 52.9 Å². The number of fused-ring (bicyclic) bond motifs is 1. The molecule has 0 amide bonds. The maximum Gasteiger partial charge on any atom is 0.260 e. The van der Waals surface area contributed by atoms with Crippen LogP contribution < -0.4 is 9.47 Å². The molecule has 0 bridgehead atoms. The van der Waals surface area contributed by atoms with E-state index in [0.717, 1.165) is 24.2 Å². The predicted molar refractivity (Wildman–Crippen MR) is 102 cm³/mol. The van der Waals surface area contributed by atoms with Crippen LogP contribution in [0.4, 0.5) is 0 Å². The van der Waals surface area contributed by atoms with Gasteiger partial charge in [0.1, 0.15) is 6.61 Å². The summed E-state index contributed by atoms with van der Waals surface area (Å²) >= 11 is 6.25. The van der Waals surface area contributed by atoms with Crippen LogP contribution in [0.5, 0.6) is 11.5 Å². The lowest BCUT2D eigenvalue weighted by atomic mass is 9.74. The Balaban J connectivity index is 1.48. The summed E-state index contributed by atoms with van der Waals surface area (Å²) in [6.45, 7) is 1.58. The van der Waals surface area contributed by atoms with Gasteiger partial charge in [0.25, 0.3) is 5.89 Å². The number of rotatable bonds is 3. The van der Waals surface area contributed by atoms with E-state index in [2.05, 4.69) is 16.3 Å². The minimum absolute atomic E-state index is 0.325. The van der Waals surface area contributed by atoms with E-state index in [1.807, 2.05) is 42.5 Å². The Labute approximate surface area is 167 Å². The van der Waals surface area contributed by atoms with Crippen molar-refractivity contribution in [1.82, 2.24) is 10.2 Å². The first-order chi connectivity index (χ1) is 13.7. The highest BCUT2D eigenvalue weighted by molar-refractivity contribution is 6.30. The molecule has 3 heterocycles. The van der Waals surface area contributed by atoms with E-state index in [9.17, 15) is 0 Å². The Morgan fingerprint density at radius 1 is 0.964 bits per heavy atom. The van der Waals surface area contributed by atoms with Crippen molar-refractivity contribution in [3.8, 4) is 11.5 Å². The normalized spacial score (nSPS) is 20.7. The van der Waals surface area contributed by atoms with Crippen LogP contribution >= 0.6 is 11.6 Å². The van der Waals surface area contributed by atoms with Crippen molar-refractivity contribution in [2.45, 2.75) is 24.4 Å². The third-order valence-corrected chi connectivity index (χ3v) is 5.59. The molecule has 2 aromatic carbocycles. The highest BCUT2D eigenvalue weighted by atomic mass is 35.5. The van der Waals surface area contributed by atoms with Crippen molar-refractivity contribution in [2.24, 2.45) is 0 Å². The molecule has 1 aromatic heterocycles. The third-order valence-electron chi connectivity index (χ3n) is 5.36. The molecule has 7 heteroatoms.